The van der Waals surface area contributed by atoms with Crippen LogP contribution in [0, 0.1) is 0 Å². The molecule has 0 bridgehead atoms. The molecule has 1 aliphatic heterocycles. The standard InChI is InChI=1S/C17H35N.C3H6BrCl/c1-2-3-4-5-6-7-8-9-10-12-15-18-16-13-11-14-17-18;4-2-1-3-5/h2-17H2,1H3;1-3H2. The number of rotatable bonds is 13. The van der Waals surface area contributed by atoms with Gasteiger partial charge in [0.25, 0.3) is 0 Å². The molecule has 1 rings (SSSR count). The van der Waals surface area contributed by atoms with Crippen LogP contribution in [-0.2, 0) is 0 Å². The lowest BCUT2D eigenvalue weighted by molar-refractivity contribution is 0.224. The van der Waals surface area contributed by atoms with Gasteiger partial charge in [-0.05, 0) is 45.3 Å². The van der Waals surface area contributed by atoms with Crippen LogP contribution in [0.1, 0.15) is 96.8 Å². The predicted molar refractivity (Wildman–Crippen MR) is 111 cm³/mol. The third-order valence-electron chi connectivity index (χ3n) is 4.54. The lowest BCUT2D eigenvalue weighted by Crippen LogP contribution is -2.30. The highest BCUT2D eigenvalue weighted by Gasteiger charge is 2.08. The van der Waals surface area contributed by atoms with Crippen molar-refractivity contribution in [2.75, 3.05) is 30.8 Å². The smallest absolute Gasteiger partial charge is 0.0231 e. The highest BCUT2D eigenvalue weighted by Crippen LogP contribution is 2.12. The molecule has 0 N–H and O–H groups in total. The third-order valence-corrected chi connectivity index (χ3v) is 5.37. The Morgan fingerprint density at radius 1 is 0.739 bits per heavy atom. The van der Waals surface area contributed by atoms with E-state index in [1.807, 2.05) is 0 Å². The number of likely N-dealkylation sites (tertiary alicyclic amines) is 1. The van der Waals surface area contributed by atoms with Crippen LogP contribution in [0.3, 0.4) is 0 Å². The number of alkyl halides is 2. The Balaban J connectivity index is 0.000000841. The summed E-state index contributed by atoms with van der Waals surface area (Å²) in [5, 5.41) is 1.02. The van der Waals surface area contributed by atoms with Crippen molar-refractivity contribution in [1.29, 1.82) is 0 Å². The Morgan fingerprint density at radius 2 is 1.26 bits per heavy atom. The number of nitrogens with zero attached hydrogens (tertiary/aromatic N) is 1. The molecule has 1 heterocycles. The zero-order valence-electron chi connectivity index (χ0n) is 15.6. The fourth-order valence-electron chi connectivity index (χ4n) is 3.06. The van der Waals surface area contributed by atoms with Crippen molar-refractivity contribution in [2.45, 2.75) is 96.8 Å². The minimum Gasteiger partial charge on any atom is -0.303 e. The Bertz CT molecular complexity index is 206. The molecule has 0 aliphatic carbocycles. The number of piperidine rings is 1. The summed E-state index contributed by atoms with van der Waals surface area (Å²) in [7, 11) is 0. The minimum absolute atomic E-state index is 0.769. The second-order valence-electron chi connectivity index (χ2n) is 6.82. The van der Waals surface area contributed by atoms with E-state index in [4.69, 9.17) is 11.6 Å². The predicted octanol–water partition coefficient (Wildman–Crippen LogP) is 7.40. The molecule has 0 atom stereocenters. The average molecular weight is 411 g/mol. The maximum Gasteiger partial charge on any atom is 0.0231 e. The lowest BCUT2D eigenvalue weighted by Gasteiger charge is -2.26. The van der Waals surface area contributed by atoms with E-state index < -0.39 is 0 Å². The van der Waals surface area contributed by atoms with Gasteiger partial charge in [-0.3, -0.25) is 0 Å². The number of hydrogen-bond acceptors (Lipinski definition) is 1. The molecule has 0 amide bonds. The topological polar surface area (TPSA) is 3.24 Å². The molecule has 0 aromatic rings. The summed E-state index contributed by atoms with van der Waals surface area (Å²) < 4.78 is 0. The molecule has 140 valence electrons. The second kappa shape index (κ2) is 20.8. The molecule has 1 nitrogen and oxygen atoms in total. The van der Waals surface area contributed by atoms with Crippen LogP contribution in [0.25, 0.3) is 0 Å². The molecule has 3 heteroatoms. The minimum atomic E-state index is 0.769. The maximum atomic E-state index is 5.27. The SMILES string of the molecule is CCCCCCCCCCCCN1CCCCC1.ClCCCBr. The van der Waals surface area contributed by atoms with E-state index in [1.165, 1.54) is 103 Å². The van der Waals surface area contributed by atoms with E-state index in [2.05, 4.69) is 27.8 Å². The van der Waals surface area contributed by atoms with Gasteiger partial charge < -0.3 is 4.90 Å². The highest BCUT2D eigenvalue weighted by atomic mass is 79.9. The van der Waals surface area contributed by atoms with E-state index in [-0.39, 0.29) is 0 Å². The first kappa shape index (κ1) is 23.7. The first-order valence-electron chi connectivity index (χ1n) is 10.2. The van der Waals surface area contributed by atoms with E-state index in [0.29, 0.717) is 0 Å². The van der Waals surface area contributed by atoms with Crippen molar-refractivity contribution in [2.24, 2.45) is 0 Å². The summed E-state index contributed by atoms with van der Waals surface area (Å²) in [5.74, 6) is 0.769. The molecule has 0 aromatic carbocycles. The normalized spacial score (nSPS) is 15.3. The molecule has 0 saturated carbocycles. The van der Waals surface area contributed by atoms with Crippen molar-refractivity contribution < 1.29 is 0 Å². The Hall–Kier alpha value is 0.730. The van der Waals surface area contributed by atoms with Crippen LogP contribution in [0.15, 0.2) is 0 Å². The first-order chi connectivity index (χ1) is 11.3. The molecule has 1 aliphatic rings. The average Bonchev–Trinajstić information content (AvgIpc) is 2.59. The Kier molecular flexibility index (Phi) is 21.4. The van der Waals surface area contributed by atoms with Crippen molar-refractivity contribution in [3.63, 3.8) is 0 Å². The van der Waals surface area contributed by atoms with Gasteiger partial charge in [-0.25, -0.2) is 0 Å². The second-order valence-corrected chi connectivity index (χ2v) is 7.99. The van der Waals surface area contributed by atoms with Crippen LogP contribution >= 0.6 is 27.5 Å². The van der Waals surface area contributed by atoms with Crippen molar-refractivity contribution in [3.05, 3.63) is 0 Å². The summed E-state index contributed by atoms with van der Waals surface area (Å²) in [6, 6.07) is 0. The Morgan fingerprint density at radius 3 is 1.70 bits per heavy atom. The maximum absolute atomic E-state index is 5.27. The summed E-state index contributed by atoms with van der Waals surface area (Å²) in [5.41, 5.74) is 0. The highest BCUT2D eigenvalue weighted by molar-refractivity contribution is 9.09. The summed E-state index contributed by atoms with van der Waals surface area (Å²) >= 11 is 8.50. The fraction of sp³-hybridized carbons (Fsp3) is 1.00. The van der Waals surface area contributed by atoms with Gasteiger partial charge in [-0.15, -0.1) is 11.6 Å². The van der Waals surface area contributed by atoms with Crippen LogP contribution in [0.2, 0.25) is 0 Å². The van der Waals surface area contributed by atoms with Crippen molar-refractivity contribution in [3.8, 4) is 0 Å². The fourth-order valence-corrected chi connectivity index (χ4v) is 3.79. The quantitative estimate of drug-likeness (QED) is 0.226. The van der Waals surface area contributed by atoms with E-state index >= 15 is 0 Å². The van der Waals surface area contributed by atoms with Gasteiger partial charge >= 0.3 is 0 Å². The zero-order valence-corrected chi connectivity index (χ0v) is 18.0. The first-order valence-corrected chi connectivity index (χ1v) is 11.8. The zero-order chi connectivity index (χ0) is 17.0. The third kappa shape index (κ3) is 18.9. The largest absolute Gasteiger partial charge is 0.303 e. The van der Waals surface area contributed by atoms with Crippen LogP contribution in [-0.4, -0.2) is 35.7 Å². The number of unbranched alkanes of at least 4 members (excludes halogenated alkanes) is 9. The molecule has 0 radical (unpaired) electrons. The molecule has 0 spiro atoms. The summed E-state index contributed by atoms with van der Waals surface area (Å²) in [6.07, 6.45) is 20.0. The molecule has 1 fully saturated rings. The van der Waals surface area contributed by atoms with E-state index in [9.17, 15) is 0 Å². The summed E-state index contributed by atoms with van der Waals surface area (Å²) in [6.45, 7) is 6.41. The molecular formula is C20H41BrClN. The van der Waals surface area contributed by atoms with E-state index in [1.54, 1.807) is 0 Å². The van der Waals surface area contributed by atoms with Gasteiger partial charge in [0.05, 0.1) is 0 Å². The Labute approximate surface area is 160 Å². The summed E-state index contributed by atoms with van der Waals surface area (Å²) in [4.78, 5) is 2.67. The van der Waals surface area contributed by atoms with Gasteiger partial charge in [0, 0.05) is 11.2 Å². The molecule has 1 saturated heterocycles. The molecule has 0 unspecified atom stereocenters. The number of hydrogen-bond donors (Lipinski definition) is 0. The molecule has 0 aromatic heterocycles. The number of halogens is 2. The monoisotopic (exact) mass is 409 g/mol. The molecule has 23 heavy (non-hydrogen) atoms. The van der Waals surface area contributed by atoms with Gasteiger partial charge in [-0.2, -0.15) is 0 Å². The van der Waals surface area contributed by atoms with Crippen LogP contribution in [0.5, 0.6) is 0 Å². The lowest BCUT2D eigenvalue weighted by atomic mass is 10.1. The van der Waals surface area contributed by atoms with Crippen molar-refractivity contribution >= 4 is 27.5 Å². The van der Waals surface area contributed by atoms with E-state index in [0.717, 1.165) is 17.6 Å². The van der Waals surface area contributed by atoms with Gasteiger partial charge in [0.1, 0.15) is 0 Å². The van der Waals surface area contributed by atoms with Gasteiger partial charge in [-0.1, -0.05) is 87.1 Å². The van der Waals surface area contributed by atoms with Crippen molar-refractivity contribution in [1.82, 2.24) is 4.90 Å². The van der Waals surface area contributed by atoms with Crippen LogP contribution in [0.4, 0.5) is 0 Å². The van der Waals surface area contributed by atoms with Crippen LogP contribution < -0.4 is 0 Å². The van der Waals surface area contributed by atoms with Gasteiger partial charge in [0.15, 0.2) is 0 Å². The molecular weight excluding hydrogens is 370 g/mol. The van der Waals surface area contributed by atoms with Gasteiger partial charge in [0.2, 0.25) is 0 Å².